The minimum Gasteiger partial charge on any atom is -0.495 e. The Balaban J connectivity index is 1.46. The van der Waals surface area contributed by atoms with E-state index in [4.69, 9.17) is 4.74 Å². The molecular weight excluding hydrogens is 328 g/mol. The molecule has 1 aliphatic heterocycles. The summed E-state index contributed by atoms with van der Waals surface area (Å²) in [5, 5.41) is 0.682. The van der Waals surface area contributed by atoms with Crippen LogP contribution in [0.25, 0.3) is 10.9 Å². The van der Waals surface area contributed by atoms with Crippen LogP contribution in [0.1, 0.15) is 0 Å². The predicted octanol–water partition coefficient (Wildman–Crippen LogP) is 0.768. The molecule has 6 heteroatoms. The van der Waals surface area contributed by atoms with Crippen molar-refractivity contribution in [3.63, 3.8) is 0 Å². The third-order valence-corrected chi connectivity index (χ3v) is 5.02. The van der Waals surface area contributed by atoms with Crippen molar-refractivity contribution in [2.45, 2.75) is 6.67 Å². The number of para-hydroxylation sites is 3. The number of benzene rings is 2. The Bertz CT molecular complexity index is 961. The maximum atomic E-state index is 12.7. The Morgan fingerprint density at radius 3 is 2.62 bits per heavy atom. The van der Waals surface area contributed by atoms with E-state index in [1.54, 1.807) is 18.0 Å². The highest BCUT2D eigenvalue weighted by molar-refractivity contribution is 5.76. The summed E-state index contributed by atoms with van der Waals surface area (Å²) in [7, 11) is 1.71. The molecule has 1 aromatic heterocycles. The van der Waals surface area contributed by atoms with E-state index in [2.05, 4.69) is 16.0 Å². The van der Waals surface area contributed by atoms with Gasteiger partial charge in [0.1, 0.15) is 12.1 Å². The van der Waals surface area contributed by atoms with Gasteiger partial charge in [-0.2, -0.15) is 0 Å². The van der Waals surface area contributed by atoms with Gasteiger partial charge in [-0.15, -0.1) is 0 Å². The highest BCUT2D eigenvalue weighted by Crippen LogP contribution is 2.27. The van der Waals surface area contributed by atoms with Gasteiger partial charge in [-0.05, 0) is 24.3 Å². The summed E-state index contributed by atoms with van der Waals surface area (Å²) in [6.07, 6.45) is 1.67. The Morgan fingerprint density at radius 1 is 1.08 bits per heavy atom. The molecule has 6 nitrogen and oxygen atoms in total. The van der Waals surface area contributed by atoms with Crippen molar-refractivity contribution in [3.05, 3.63) is 65.2 Å². The van der Waals surface area contributed by atoms with Crippen molar-refractivity contribution in [1.29, 1.82) is 0 Å². The van der Waals surface area contributed by atoms with Gasteiger partial charge < -0.3 is 14.5 Å². The lowest BCUT2D eigenvalue weighted by Gasteiger charge is -2.34. The summed E-state index contributed by atoms with van der Waals surface area (Å²) in [5.74, 6) is 0.908. The maximum Gasteiger partial charge on any atom is 0.265 e. The average molecular weight is 351 g/mol. The fraction of sp³-hybridized carbons (Fsp3) is 0.300. The molecule has 2 heterocycles. The normalized spacial score (nSPS) is 15.3. The molecule has 26 heavy (non-hydrogen) atoms. The van der Waals surface area contributed by atoms with Crippen LogP contribution in [0.4, 0.5) is 5.69 Å². The van der Waals surface area contributed by atoms with E-state index in [0.29, 0.717) is 12.1 Å². The Kier molecular flexibility index (Phi) is 4.58. The number of nitrogens with zero attached hydrogens (tertiary/aromatic N) is 3. The summed E-state index contributed by atoms with van der Waals surface area (Å²) in [4.78, 5) is 20.8. The second kappa shape index (κ2) is 7.17. The number of hydrogen-bond acceptors (Lipinski definition) is 4. The molecule has 134 valence electrons. The summed E-state index contributed by atoms with van der Waals surface area (Å²) in [5.41, 5.74) is 1.93. The molecular formula is C20H23N4O2+. The van der Waals surface area contributed by atoms with Crippen LogP contribution in [-0.4, -0.2) is 42.8 Å². The van der Waals surface area contributed by atoms with Gasteiger partial charge in [-0.1, -0.05) is 24.3 Å². The Hall–Kier alpha value is -2.86. The lowest BCUT2D eigenvalue weighted by atomic mass is 10.2. The molecule has 0 radical (unpaired) electrons. The van der Waals surface area contributed by atoms with Gasteiger partial charge in [0.25, 0.3) is 5.56 Å². The number of ether oxygens (including phenoxy) is 1. The molecule has 0 atom stereocenters. The topological polar surface area (TPSA) is 51.8 Å². The summed E-state index contributed by atoms with van der Waals surface area (Å²) < 4.78 is 7.21. The lowest BCUT2D eigenvalue weighted by Crippen LogP contribution is -3.14. The lowest BCUT2D eigenvalue weighted by molar-refractivity contribution is -0.923. The molecule has 1 aliphatic rings. The van der Waals surface area contributed by atoms with Gasteiger partial charge >= 0.3 is 0 Å². The van der Waals surface area contributed by atoms with Crippen molar-refractivity contribution in [3.8, 4) is 5.75 Å². The highest BCUT2D eigenvalue weighted by Gasteiger charge is 2.22. The number of hydrogen-bond donors (Lipinski definition) is 1. The van der Waals surface area contributed by atoms with E-state index in [1.807, 2.05) is 42.5 Å². The van der Waals surface area contributed by atoms with Crippen LogP contribution < -0.4 is 20.1 Å². The quantitative estimate of drug-likeness (QED) is 0.754. The molecule has 1 saturated heterocycles. The van der Waals surface area contributed by atoms with E-state index >= 15 is 0 Å². The van der Waals surface area contributed by atoms with Crippen molar-refractivity contribution < 1.29 is 9.64 Å². The molecule has 1 N–H and O–H groups in total. The van der Waals surface area contributed by atoms with E-state index in [0.717, 1.165) is 43.1 Å². The third kappa shape index (κ3) is 3.15. The largest absolute Gasteiger partial charge is 0.495 e. The summed E-state index contributed by atoms with van der Waals surface area (Å²) in [6.45, 7) is 4.46. The van der Waals surface area contributed by atoms with Gasteiger partial charge in [-0.25, -0.2) is 9.55 Å². The van der Waals surface area contributed by atoms with Gasteiger partial charge in [-0.3, -0.25) is 4.79 Å². The van der Waals surface area contributed by atoms with Crippen molar-refractivity contribution >= 4 is 16.6 Å². The molecule has 1 fully saturated rings. The van der Waals surface area contributed by atoms with Gasteiger partial charge in [0, 0.05) is 0 Å². The number of anilines is 1. The average Bonchev–Trinajstić information content (AvgIpc) is 2.71. The summed E-state index contributed by atoms with van der Waals surface area (Å²) >= 11 is 0. The van der Waals surface area contributed by atoms with Crippen LogP contribution >= 0.6 is 0 Å². The molecule has 2 aromatic carbocycles. The number of fused-ring (bicyclic) bond motifs is 1. The standard InChI is InChI=1S/C20H22N4O2/c1-26-19-9-5-4-8-18(19)23-12-10-22(11-13-23)15-24-14-21-17-7-3-2-6-16(17)20(24)25/h2-9,14H,10-13,15H2,1H3/p+1. The second-order valence-electron chi connectivity index (χ2n) is 6.60. The van der Waals surface area contributed by atoms with Crippen molar-refractivity contribution in [1.82, 2.24) is 9.55 Å². The zero-order valence-electron chi connectivity index (χ0n) is 14.9. The molecule has 0 amide bonds. The number of quaternary nitrogens is 1. The maximum absolute atomic E-state index is 12.7. The van der Waals surface area contributed by atoms with Crippen LogP contribution in [-0.2, 0) is 6.67 Å². The van der Waals surface area contributed by atoms with Crippen LogP contribution in [0.15, 0.2) is 59.7 Å². The van der Waals surface area contributed by atoms with E-state index < -0.39 is 0 Å². The molecule has 4 rings (SSSR count). The number of piperazine rings is 1. The van der Waals surface area contributed by atoms with E-state index in [-0.39, 0.29) is 5.56 Å². The number of aromatic nitrogens is 2. The Morgan fingerprint density at radius 2 is 1.81 bits per heavy atom. The first-order valence-corrected chi connectivity index (χ1v) is 8.92. The summed E-state index contributed by atoms with van der Waals surface area (Å²) in [6, 6.07) is 15.6. The number of nitrogens with one attached hydrogen (secondary N) is 1. The Labute approximate surface area is 152 Å². The minimum absolute atomic E-state index is 0.0373. The van der Waals surface area contributed by atoms with Crippen molar-refractivity contribution in [2.75, 3.05) is 38.2 Å². The smallest absolute Gasteiger partial charge is 0.265 e. The van der Waals surface area contributed by atoms with E-state index in [1.165, 1.54) is 4.90 Å². The van der Waals surface area contributed by atoms with Gasteiger partial charge in [0.05, 0.1) is 49.9 Å². The zero-order chi connectivity index (χ0) is 17.9. The van der Waals surface area contributed by atoms with Crippen LogP contribution in [0, 0.1) is 0 Å². The van der Waals surface area contributed by atoms with Gasteiger partial charge in [0.15, 0.2) is 6.67 Å². The first kappa shape index (κ1) is 16.6. The van der Waals surface area contributed by atoms with Crippen LogP contribution in [0.3, 0.4) is 0 Å². The molecule has 0 bridgehead atoms. The molecule has 3 aromatic rings. The fourth-order valence-corrected chi connectivity index (χ4v) is 3.57. The molecule has 0 aliphatic carbocycles. The predicted molar refractivity (Wildman–Crippen MR) is 102 cm³/mol. The fourth-order valence-electron chi connectivity index (χ4n) is 3.57. The number of rotatable bonds is 4. The zero-order valence-corrected chi connectivity index (χ0v) is 14.9. The number of methoxy groups -OCH3 is 1. The minimum atomic E-state index is 0.0373. The van der Waals surface area contributed by atoms with E-state index in [9.17, 15) is 4.79 Å². The first-order chi connectivity index (χ1) is 12.8. The third-order valence-electron chi connectivity index (χ3n) is 5.02. The monoisotopic (exact) mass is 351 g/mol. The highest BCUT2D eigenvalue weighted by atomic mass is 16.5. The molecule has 0 saturated carbocycles. The van der Waals surface area contributed by atoms with Crippen LogP contribution in [0.2, 0.25) is 0 Å². The second-order valence-corrected chi connectivity index (χ2v) is 6.60. The SMILES string of the molecule is COc1ccccc1N1CC[NH+](Cn2cnc3ccccc3c2=O)CC1. The van der Waals surface area contributed by atoms with Crippen LogP contribution in [0.5, 0.6) is 5.75 Å². The molecule has 0 unspecified atom stereocenters. The first-order valence-electron chi connectivity index (χ1n) is 8.92. The van der Waals surface area contributed by atoms with Gasteiger partial charge in [0.2, 0.25) is 0 Å². The molecule has 0 spiro atoms. The van der Waals surface area contributed by atoms with Crippen molar-refractivity contribution in [2.24, 2.45) is 0 Å².